The Labute approximate surface area is 188 Å². The van der Waals surface area contributed by atoms with Crippen molar-refractivity contribution in [2.45, 2.75) is 50.4 Å². The number of halogens is 3. The zero-order valence-electron chi connectivity index (χ0n) is 17.8. The Hall–Kier alpha value is -3.29. The molecule has 2 aromatic carbocycles. The van der Waals surface area contributed by atoms with Crippen LogP contribution in [0.1, 0.15) is 53.6 Å². The lowest BCUT2D eigenvalue weighted by atomic mass is 9.63. The molecule has 33 heavy (non-hydrogen) atoms. The first-order chi connectivity index (χ1) is 15.6. The second-order valence-electron chi connectivity index (χ2n) is 9.54. The van der Waals surface area contributed by atoms with Gasteiger partial charge in [0.2, 0.25) is 0 Å². The van der Waals surface area contributed by atoms with E-state index in [9.17, 15) is 22.8 Å². The van der Waals surface area contributed by atoms with Crippen LogP contribution in [0, 0.1) is 5.41 Å². The Morgan fingerprint density at radius 3 is 2.42 bits per heavy atom. The minimum absolute atomic E-state index is 0.135. The fourth-order valence-corrected chi connectivity index (χ4v) is 5.81. The monoisotopic (exact) mass is 456 g/mol. The van der Waals surface area contributed by atoms with Gasteiger partial charge < -0.3 is 15.0 Å². The molecule has 5 nitrogen and oxygen atoms in total. The van der Waals surface area contributed by atoms with Gasteiger partial charge in [-0.1, -0.05) is 24.3 Å². The Morgan fingerprint density at radius 1 is 1.03 bits per heavy atom. The van der Waals surface area contributed by atoms with Crippen LogP contribution in [0.4, 0.5) is 13.2 Å². The molecule has 1 heterocycles. The lowest BCUT2D eigenvalue weighted by molar-refractivity contribution is -0.141. The SMILES string of the molecule is O=C(O)CC12CCC(NC(=O)c3cccc4ccn(Cc5ccc(C(F)(F)F)cc5)c34)(C1)C2. The van der Waals surface area contributed by atoms with Crippen molar-refractivity contribution in [3.8, 4) is 0 Å². The van der Waals surface area contributed by atoms with Gasteiger partial charge >= 0.3 is 12.1 Å². The molecular formula is C25H23F3N2O3. The van der Waals surface area contributed by atoms with E-state index in [0.29, 0.717) is 30.5 Å². The Bertz CT molecular complexity index is 1240. The molecule has 3 saturated carbocycles. The van der Waals surface area contributed by atoms with Crippen LogP contribution in [0.3, 0.4) is 0 Å². The summed E-state index contributed by atoms with van der Waals surface area (Å²) in [5.74, 6) is -1.01. The van der Waals surface area contributed by atoms with Gasteiger partial charge in [0.15, 0.2) is 0 Å². The fraction of sp³-hybridized carbons (Fsp3) is 0.360. The Morgan fingerprint density at radius 2 is 1.76 bits per heavy atom. The summed E-state index contributed by atoms with van der Waals surface area (Å²) in [5, 5.41) is 13.2. The van der Waals surface area contributed by atoms with E-state index < -0.39 is 17.7 Å². The van der Waals surface area contributed by atoms with Crippen LogP contribution in [0.5, 0.6) is 0 Å². The molecule has 172 valence electrons. The van der Waals surface area contributed by atoms with Gasteiger partial charge in [-0.25, -0.2) is 0 Å². The van der Waals surface area contributed by atoms with Crippen LogP contribution in [0.15, 0.2) is 54.7 Å². The topological polar surface area (TPSA) is 71.3 Å². The number of carbonyl (C=O) groups excluding carboxylic acids is 1. The van der Waals surface area contributed by atoms with Crippen molar-refractivity contribution < 1.29 is 27.9 Å². The number of carbonyl (C=O) groups is 2. The van der Waals surface area contributed by atoms with Crippen molar-refractivity contribution in [2.24, 2.45) is 5.41 Å². The number of para-hydroxylation sites is 1. The maximum Gasteiger partial charge on any atom is 0.416 e. The summed E-state index contributed by atoms with van der Waals surface area (Å²) >= 11 is 0. The first-order valence-corrected chi connectivity index (χ1v) is 10.9. The lowest BCUT2D eigenvalue weighted by Gasteiger charge is -2.47. The Balaban J connectivity index is 1.37. The number of nitrogens with zero attached hydrogens (tertiary/aromatic N) is 1. The number of benzene rings is 2. The molecule has 3 aliphatic carbocycles. The predicted molar refractivity (Wildman–Crippen MR) is 116 cm³/mol. The average Bonchev–Trinajstić information content (AvgIpc) is 3.38. The van der Waals surface area contributed by atoms with Gasteiger partial charge in [0, 0.05) is 23.7 Å². The fourth-order valence-electron chi connectivity index (χ4n) is 5.81. The number of carboxylic acid groups (broad SMARTS) is 1. The molecule has 2 bridgehead atoms. The molecule has 0 aliphatic heterocycles. The molecular weight excluding hydrogens is 433 g/mol. The predicted octanol–water partition coefficient (Wildman–Crippen LogP) is 5.23. The molecule has 0 spiro atoms. The van der Waals surface area contributed by atoms with E-state index >= 15 is 0 Å². The minimum Gasteiger partial charge on any atom is -0.481 e. The highest BCUT2D eigenvalue weighted by molar-refractivity contribution is 6.06. The van der Waals surface area contributed by atoms with Gasteiger partial charge in [-0.3, -0.25) is 9.59 Å². The molecule has 2 N–H and O–H groups in total. The highest BCUT2D eigenvalue weighted by Gasteiger charge is 2.61. The van der Waals surface area contributed by atoms with Crippen molar-refractivity contribution in [1.82, 2.24) is 9.88 Å². The smallest absolute Gasteiger partial charge is 0.416 e. The average molecular weight is 456 g/mol. The molecule has 0 unspecified atom stereocenters. The molecule has 3 fully saturated rings. The highest BCUT2D eigenvalue weighted by Crippen LogP contribution is 2.63. The molecule has 1 amide bonds. The minimum atomic E-state index is -4.38. The quantitative estimate of drug-likeness (QED) is 0.534. The number of aliphatic carboxylic acids is 1. The maximum atomic E-state index is 13.3. The van der Waals surface area contributed by atoms with Gasteiger partial charge in [-0.05, 0) is 60.9 Å². The van der Waals surface area contributed by atoms with Crippen molar-refractivity contribution in [2.75, 3.05) is 0 Å². The molecule has 8 heteroatoms. The van der Waals surface area contributed by atoms with Gasteiger partial charge in [-0.15, -0.1) is 0 Å². The van der Waals surface area contributed by atoms with Crippen LogP contribution in [-0.2, 0) is 17.5 Å². The summed E-state index contributed by atoms with van der Waals surface area (Å²) in [5.41, 5.74) is 0.677. The number of aromatic nitrogens is 1. The van der Waals surface area contributed by atoms with Crippen molar-refractivity contribution in [3.05, 3.63) is 71.4 Å². The second kappa shape index (κ2) is 7.37. The number of alkyl halides is 3. The van der Waals surface area contributed by atoms with Gasteiger partial charge in [0.25, 0.3) is 5.91 Å². The number of hydrogen-bond acceptors (Lipinski definition) is 2. The Kier molecular flexibility index (Phi) is 4.81. The van der Waals surface area contributed by atoms with E-state index in [4.69, 9.17) is 5.11 Å². The summed E-state index contributed by atoms with van der Waals surface area (Å²) in [7, 11) is 0. The van der Waals surface area contributed by atoms with Crippen molar-refractivity contribution in [3.63, 3.8) is 0 Å². The first kappa shape index (κ1) is 21.6. The van der Waals surface area contributed by atoms with Crippen LogP contribution in [-0.4, -0.2) is 27.1 Å². The van der Waals surface area contributed by atoms with Crippen LogP contribution >= 0.6 is 0 Å². The van der Waals surface area contributed by atoms with Gasteiger partial charge in [0.1, 0.15) is 0 Å². The van der Waals surface area contributed by atoms with Crippen molar-refractivity contribution in [1.29, 1.82) is 0 Å². The number of hydrogen-bond donors (Lipinski definition) is 2. The zero-order valence-corrected chi connectivity index (χ0v) is 17.8. The normalized spacial score (nSPS) is 24.0. The number of fused-ring (bicyclic) bond motifs is 2. The van der Waals surface area contributed by atoms with E-state index in [1.165, 1.54) is 12.1 Å². The molecule has 6 rings (SSSR count). The second-order valence-corrected chi connectivity index (χ2v) is 9.54. The first-order valence-electron chi connectivity index (χ1n) is 10.9. The molecule has 3 aromatic rings. The van der Waals surface area contributed by atoms with E-state index in [1.807, 2.05) is 29.0 Å². The standard InChI is InChI=1S/C25H23F3N2O3/c26-25(27,28)18-6-4-16(5-7-18)13-30-11-8-17-2-1-3-19(21(17)30)22(33)29-24-10-9-23(14-24,15-24)12-20(31)32/h1-8,11H,9-10,12-15H2,(H,29,33)(H,31,32). The number of carboxylic acids is 1. The number of nitrogens with one attached hydrogen (secondary N) is 1. The van der Waals surface area contributed by atoms with Crippen LogP contribution in [0.2, 0.25) is 0 Å². The molecule has 0 radical (unpaired) electrons. The summed E-state index contributed by atoms with van der Waals surface area (Å²) in [6.45, 7) is 0.332. The van der Waals surface area contributed by atoms with Gasteiger partial charge in [0.05, 0.1) is 23.1 Å². The summed E-state index contributed by atoms with van der Waals surface area (Å²) in [6, 6.07) is 12.4. The third-order valence-corrected chi connectivity index (χ3v) is 7.13. The van der Waals surface area contributed by atoms with E-state index in [0.717, 1.165) is 35.9 Å². The van der Waals surface area contributed by atoms with Crippen molar-refractivity contribution >= 4 is 22.8 Å². The lowest BCUT2D eigenvalue weighted by Crippen LogP contribution is -2.56. The highest BCUT2D eigenvalue weighted by atomic mass is 19.4. The number of amides is 1. The summed E-state index contributed by atoms with van der Waals surface area (Å²) in [4.78, 5) is 24.4. The van der Waals surface area contributed by atoms with Crippen LogP contribution < -0.4 is 5.32 Å². The number of rotatable bonds is 6. The summed E-state index contributed by atoms with van der Waals surface area (Å²) < 4.78 is 40.4. The third-order valence-electron chi connectivity index (χ3n) is 7.13. The molecule has 0 atom stereocenters. The third kappa shape index (κ3) is 3.87. The van der Waals surface area contributed by atoms with E-state index in [-0.39, 0.29) is 23.3 Å². The zero-order chi connectivity index (χ0) is 23.4. The molecule has 0 saturated heterocycles. The largest absolute Gasteiger partial charge is 0.481 e. The van der Waals surface area contributed by atoms with E-state index in [1.54, 1.807) is 6.07 Å². The van der Waals surface area contributed by atoms with Gasteiger partial charge in [-0.2, -0.15) is 13.2 Å². The van der Waals surface area contributed by atoms with Crippen LogP contribution in [0.25, 0.3) is 10.9 Å². The maximum absolute atomic E-state index is 13.3. The molecule has 3 aliphatic rings. The summed E-state index contributed by atoms with van der Waals surface area (Å²) in [6.07, 6.45) is 0.515. The molecule has 1 aromatic heterocycles. The van der Waals surface area contributed by atoms with E-state index in [2.05, 4.69) is 5.32 Å².